The van der Waals surface area contributed by atoms with Crippen molar-refractivity contribution >= 4 is 28.9 Å². The lowest BCUT2D eigenvalue weighted by atomic mass is 9.57. The Labute approximate surface area is 217 Å². The number of carbonyl (C=O) groups is 3. The van der Waals surface area contributed by atoms with Crippen LogP contribution in [-0.2, 0) is 27.3 Å². The molecule has 0 bridgehead atoms. The normalized spacial score (nSPS) is 26.7. The van der Waals surface area contributed by atoms with Crippen LogP contribution in [0.4, 0.5) is 5.69 Å². The maximum Gasteiger partial charge on any atom is 0.255 e. The zero-order valence-corrected chi connectivity index (χ0v) is 20.8. The van der Waals surface area contributed by atoms with Gasteiger partial charge in [0, 0.05) is 30.4 Å². The Morgan fingerprint density at radius 2 is 1.95 bits per heavy atom. The number of hydrogen-bond donors (Lipinski definition) is 6. The average Bonchev–Trinajstić information content (AvgIpc) is 2.86. The van der Waals surface area contributed by atoms with Gasteiger partial charge in [-0.05, 0) is 62.2 Å². The smallest absolute Gasteiger partial charge is 0.255 e. The van der Waals surface area contributed by atoms with E-state index in [-0.39, 0.29) is 29.7 Å². The van der Waals surface area contributed by atoms with Crippen molar-refractivity contribution in [3.8, 4) is 5.75 Å². The first-order chi connectivity index (χ1) is 18.0. The Kier molecular flexibility index (Phi) is 6.00. The maximum atomic E-state index is 13.9. The van der Waals surface area contributed by atoms with E-state index in [0.29, 0.717) is 12.1 Å². The van der Waals surface area contributed by atoms with Crippen LogP contribution in [0, 0.1) is 11.8 Å². The number of aromatic nitrogens is 1. The summed E-state index contributed by atoms with van der Waals surface area (Å²) in [6.45, 7) is 0.343. The SMILES string of the molecule is CN(C)[C@H]1C(=O)C(C(N)=O)=C(O)[C@]2(O)C(=O)C3=C(O)c4c(O)ccc(CNc5cccnc5)c4C[C@@H]3C[C@H]12. The van der Waals surface area contributed by atoms with Crippen molar-refractivity contribution in [3.05, 3.63) is 70.3 Å². The highest BCUT2D eigenvalue weighted by atomic mass is 16.3. The number of hydrogen-bond acceptors (Lipinski definition) is 10. The molecule has 1 fully saturated rings. The third-order valence-electron chi connectivity index (χ3n) is 7.85. The minimum absolute atomic E-state index is 0.0386. The molecule has 1 aromatic carbocycles. The summed E-state index contributed by atoms with van der Waals surface area (Å²) in [6, 6.07) is 5.63. The Bertz CT molecular complexity index is 1430. The molecular formula is C27H28N4O7. The van der Waals surface area contributed by atoms with Crippen LogP contribution in [0.5, 0.6) is 5.75 Å². The summed E-state index contributed by atoms with van der Waals surface area (Å²) >= 11 is 0. The Balaban J connectivity index is 1.63. The van der Waals surface area contributed by atoms with E-state index in [9.17, 15) is 34.8 Å². The summed E-state index contributed by atoms with van der Waals surface area (Å²) in [5.41, 5.74) is 3.89. The van der Waals surface area contributed by atoms with Crippen LogP contribution in [0.1, 0.15) is 23.1 Å². The number of fused-ring (bicyclic) bond motifs is 3. The standard InChI is InChI=1S/C27H28N4O7/c1-31(2)21-16-9-13-8-15-12(10-30-14-4-3-7-29-11-14)5-6-17(32)19(15)22(33)18(13)24(35)27(16,38)25(36)20(23(21)34)26(28)37/h3-7,11,13,16,21,30,32-33,36,38H,8-10H2,1-2H3,(H2,28,37)/t13-,16-,21-,27-/m1/s1. The molecule has 5 rings (SSSR count). The molecule has 11 nitrogen and oxygen atoms in total. The van der Waals surface area contributed by atoms with Crippen LogP contribution in [0.3, 0.4) is 0 Å². The van der Waals surface area contributed by atoms with Crippen LogP contribution < -0.4 is 11.1 Å². The van der Waals surface area contributed by atoms with E-state index in [1.807, 2.05) is 6.07 Å². The fourth-order valence-corrected chi connectivity index (χ4v) is 6.14. The Morgan fingerprint density at radius 3 is 2.58 bits per heavy atom. The number of ketones is 2. The molecule has 1 saturated carbocycles. The molecule has 3 aliphatic rings. The number of primary amides is 1. The highest BCUT2D eigenvalue weighted by Crippen LogP contribution is 2.52. The number of carbonyl (C=O) groups excluding carboxylic acids is 3. The summed E-state index contributed by atoms with van der Waals surface area (Å²) < 4.78 is 0. The summed E-state index contributed by atoms with van der Waals surface area (Å²) in [6.07, 6.45) is 3.57. The topological polar surface area (TPSA) is 186 Å². The zero-order valence-electron chi connectivity index (χ0n) is 20.8. The number of phenols is 1. The molecule has 38 heavy (non-hydrogen) atoms. The molecule has 4 atom stereocenters. The molecule has 0 saturated heterocycles. The zero-order chi connectivity index (χ0) is 27.5. The molecule has 1 aromatic heterocycles. The number of nitrogens with one attached hydrogen (secondary N) is 1. The van der Waals surface area contributed by atoms with E-state index >= 15 is 0 Å². The van der Waals surface area contributed by atoms with Crippen LogP contribution in [0.15, 0.2) is 53.6 Å². The van der Waals surface area contributed by atoms with E-state index in [1.165, 1.54) is 11.0 Å². The third-order valence-corrected chi connectivity index (χ3v) is 7.85. The minimum Gasteiger partial charge on any atom is -0.508 e. The first-order valence-corrected chi connectivity index (χ1v) is 12.1. The van der Waals surface area contributed by atoms with Gasteiger partial charge >= 0.3 is 0 Å². The van der Waals surface area contributed by atoms with E-state index < -0.39 is 58.0 Å². The maximum absolute atomic E-state index is 13.9. The lowest BCUT2D eigenvalue weighted by Crippen LogP contribution is -2.65. The second-order valence-electron chi connectivity index (χ2n) is 10.2. The lowest BCUT2D eigenvalue weighted by Gasteiger charge is -2.50. The van der Waals surface area contributed by atoms with Gasteiger partial charge in [-0.15, -0.1) is 0 Å². The summed E-state index contributed by atoms with van der Waals surface area (Å²) in [5.74, 6) is -6.69. The molecular weight excluding hydrogens is 492 g/mol. The quantitative estimate of drug-likeness (QED) is 0.310. The number of aliphatic hydroxyl groups excluding tert-OH is 2. The number of benzene rings is 1. The molecule has 1 heterocycles. The Hall–Kier alpha value is -4.22. The van der Waals surface area contributed by atoms with Gasteiger partial charge in [0.25, 0.3) is 5.91 Å². The second kappa shape index (κ2) is 8.96. The number of nitrogens with two attached hydrogens (primary N) is 1. The number of anilines is 1. The number of phenolic OH excluding ortho intramolecular Hbond substituents is 1. The molecule has 198 valence electrons. The number of likely N-dealkylation sites (N-methyl/N-ethyl adjacent to an activating group) is 1. The highest BCUT2D eigenvalue weighted by Gasteiger charge is 2.64. The fourth-order valence-electron chi connectivity index (χ4n) is 6.14. The number of nitrogens with zero attached hydrogens (tertiary/aromatic N) is 2. The van der Waals surface area contributed by atoms with Gasteiger partial charge < -0.3 is 31.5 Å². The van der Waals surface area contributed by atoms with Crippen LogP contribution in [-0.4, -0.2) is 73.5 Å². The number of Topliss-reactive ketones (excluding diaryl/α,β-unsaturated/α-hetero) is 2. The molecule has 7 N–H and O–H groups in total. The molecule has 0 unspecified atom stereocenters. The number of pyridine rings is 1. The first-order valence-electron chi connectivity index (χ1n) is 12.1. The van der Waals surface area contributed by atoms with Gasteiger partial charge in [0.15, 0.2) is 11.4 Å². The molecule has 3 aliphatic carbocycles. The van der Waals surface area contributed by atoms with Crippen molar-refractivity contribution in [2.24, 2.45) is 17.6 Å². The van der Waals surface area contributed by atoms with E-state index in [0.717, 1.165) is 11.3 Å². The van der Waals surface area contributed by atoms with Crippen molar-refractivity contribution in [3.63, 3.8) is 0 Å². The van der Waals surface area contributed by atoms with Gasteiger partial charge in [-0.3, -0.25) is 24.3 Å². The van der Waals surface area contributed by atoms with Crippen molar-refractivity contribution in [1.29, 1.82) is 0 Å². The van der Waals surface area contributed by atoms with Crippen molar-refractivity contribution in [2.75, 3.05) is 19.4 Å². The second-order valence-corrected chi connectivity index (χ2v) is 10.2. The highest BCUT2D eigenvalue weighted by molar-refractivity contribution is 6.24. The van der Waals surface area contributed by atoms with Crippen molar-refractivity contribution in [1.82, 2.24) is 9.88 Å². The summed E-state index contributed by atoms with van der Waals surface area (Å²) in [4.78, 5) is 44.6. The van der Waals surface area contributed by atoms with Gasteiger partial charge in [0.05, 0.1) is 17.3 Å². The Morgan fingerprint density at radius 1 is 1.21 bits per heavy atom. The third kappa shape index (κ3) is 3.57. The summed E-state index contributed by atoms with van der Waals surface area (Å²) in [5, 5.41) is 47.7. The molecule has 2 aromatic rings. The van der Waals surface area contributed by atoms with Gasteiger partial charge in [-0.2, -0.15) is 0 Å². The van der Waals surface area contributed by atoms with Gasteiger partial charge in [0.2, 0.25) is 5.78 Å². The van der Waals surface area contributed by atoms with E-state index in [2.05, 4.69) is 10.3 Å². The van der Waals surface area contributed by atoms with E-state index in [4.69, 9.17) is 5.73 Å². The number of rotatable bonds is 5. The lowest BCUT2D eigenvalue weighted by molar-refractivity contribution is -0.153. The van der Waals surface area contributed by atoms with Gasteiger partial charge in [-0.25, -0.2) is 0 Å². The van der Waals surface area contributed by atoms with Crippen molar-refractivity contribution in [2.45, 2.75) is 31.0 Å². The predicted octanol–water partition coefficient (Wildman–Crippen LogP) is 0.971. The van der Waals surface area contributed by atoms with Gasteiger partial charge in [-0.1, -0.05) is 6.07 Å². The van der Waals surface area contributed by atoms with Crippen LogP contribution >= 0.6 is 0 Å². The van der Waals surface area contributed by atoms with E-state index in [1.54, 1.807) is 38.6 Å². The molecule has 0 aliphatic heterocycles. The first kappa shape index (κ1) is 25.4. The molecule has 11 heteroatoms. The van der Waals surface area contributed by atoms with Crippen LogP contribution in [0.2, 0.25) is 0 Å². The number of aromatic hydroxyl groups is 1. The van der Waals surface area contributed by atoms with Crippen LogP contribution in [0.25, 0.3) is 5.76 Å². The predicted molar refractivity (Wildman–Crippen MR) is 136 cm³/mol. The minimum atomic E-state index is -2.65. The molecule has 0 spiro atoms. The largest absolute Gasteiger partial charge is 0.508 e. The van der Waals surface area contributed by atoms with Crippen molar-refractivity contribution < 1.29 is 34.8 Å². The van der Waals surface area contributed by atoms with Gasteiger partial charge in [0.1, 0.15) is 22.8 Å². The molecule has 0 radical (unpaired) electrons. The molecule has 1 amide bonds. The monoisotopic (exact) mass is 520 g/mol. The average molecular weight is 521 g/mol. The number of aliphatic hydroxyl groups is 3. The fraction of sp³-hybridized carbons (Fsp3) is 0.333. The summed E-state index contributed by atoms with van der Waals surface area (Å²) in [7, 11) is 3.13. The number of amides is 1.